The van der Waals surface area contributed by atoms with Gasteiger partial charge in [0, 0.05) is 0 Å². The molecule has 0 saturated carbocycles. The van der Waals surface area contributed by atoms with E-state index in [1.807, 2.05) is 19.2 Å². The Bertz CT molecular complexity index is 356. The zero-order valence-electron chi connectivity index (χ0n) is 9.60. The molecule has 15 heavy (non-hydrogen) atoms. The molecule has 0 radical (unpaired) electrons. The van der Waals surface area contributed by atoms with E-state index in [4.69, 9.17) is 0 Å². The standard InChI is InChI=1S/C13H18FN/c1-10(5-4-8-15-3)12-6-7-13(14)11(2)9-12/h5-7,9,15H,4,8H2,1-3H3. The maximum Gasteiger partial charge on any atom is 0.126 e. The third kappa shape index (κ3) is 3.48. The van der Waals surface area contributed by atoms with Crippen molar-refractivity contribution in [3.63, 3.8) is 0 Å². The Labute approximate surface area is 91.0 Å². The van der Waals surface area contributed by atoms with Gasteiger partial charge in [-0.15, -0.1) is 0 Å². The summed E-state index contributed by atoms with van der Waals surface area (Å²) in [5, 5.41) is 3.09. The fraction of sp³-hybridized carbons (Fsp3) is 0.385. The van der Waals surface area contributed by atoms with Gasteiger partial charge in [-0.05, 0) is 62.7 Å². The normalized spacial score (nSPS) is 11.9. The van der Waals surface area contributed by atoms with Gasteiger partial charge in [0.2, 0.25) is 0 Å². The first-order chi connectivity index (χ1) is 7.15. The highest BCUT2D eigenvalue weighted by Gasteiger charge is 1.99. The highest BCUT2D eigenvalue weighted by atomic mass is 19.1. The fourth-order valence-electron chi connectivity index (χ4n) is 1.44. The van der Waals surface area contributed by atoms with E-state index in [1.165, 1.54) is 11.6 Å². The molecule has 0 atom stereocenters. The lowest BCUT2D eigenvalue weighted by molar-refractivity contribution is 0.618. The summed E-state index contributed by atoms with van der Waals surface area (Å²) in [6.07, 6.45) is 3.17. The monoisotopic (exact) mass is 207 g/mol. The first-order valence-electron chi connectivity index (χ1n) is 5.23. The van der Waals surface area contributed by atoms with Gasteiger partial charge in [-0.25, -0.2) is 4.39 Å². The van der Waals surface area contributed by atoms with E-state index in [0.717, 1.165) is 18.5 Å². The quantitative estimate of drug-likeness (QED) is 0.748. The molecule has 1 aromatic rings. The van der Waals surface area contributed by atoms with Gasteiger partial charge in [-0.3, -0.25) is 0 Å². The van der Waals surface area contributed by atoms with E-state index >= 15 is 0 Å². The Morgan fingerprint density at radius 3 is 2.80 bits per heavy atom. The van der Waals surface area contributed by atoms with Gasteiger partial charge in [-0.1, -0.05) is 12.1 Å². The smallest absolute Gasteiger partial charge is 0.126 e. The largest absolute Gasteiger partial charge is 0.319 e. The van der Waals surface area contributed by atoms with Gasteiger partial charge in [0.05, 0.1) is 0 Å². The van der Waals surface area contributed by atoms with Crippen molar-refractivity contribution in [1.29, 1.82) is 0 Å². The van der Waals surface area contributed by atoms with Gasteiger partial charge in [0.1, 0.15) is 5.82 Å². The summed E-state index contributed by atoms with van der Waals surface area (Å²) in [5.74, 6) is -0.137. The van der Waals surface area contributed by atoms with Gasteiger partial charge in [0.15, 0.2) is 0 Å². The number of hydrogen-bond acceptors (Lipinski definition) is 1. The zero-order chi connectivity index (χ0) is 11.3. The summed E-state index contributed by atoms with van der Waals surface area (Å²) in [6, 6.07) is 5.24. The highest BCUT2D eigenvalue weighted by Crippen LogP contribution is 2.17. The van der Waals surface area contributed by atoms with E-state index in [1.54, 1.807) is 6.92 Å². The second-order valence-corrected chi connectivity index (χ2v) is 3.74. The lowest BCUT2D eigenvalue weighted by Crippen LogP contribution is -2.05. The van der Waals surface area contributed by atoms with Gasteiger partial charge in [-0.2, -0.15) is 0 Å². The van der Waals surface area contributed by atoms with Crippen LogP contribution in [0.15, 0.2) is 24.3 Å². The van der Waals surface area contributed by atoms with E-state index < -0.39 is 0 Å². The van der Waals surface area contributed by atoms with Crippen molar-refractivity contribution in [2.75, 3.05) is 13.6 Å². The van der Waals surface area contributed by atoms with Crippen molar-refractivity contribution in [3.05, 3.63) is 41.2 Å². The predicted molar refractivity (Wildman–Crippen MR) is 63.3 cm³/mol. The highest BCUT2D eigenvalue weighted by molar-refractivity contribution is 5.64. The number of benzene rings is 1. The second-order valence-electron chi connectivity index (χ2n) is 3.74. The SMILES string of the molecule is CNCCC=C(C)c1ccc(F)c(C)c1. The molecule has 1 rings (SSSR count). The van der Waals surface area contributed by atoms with E-state index in [0.29, 0.717) is 5.56 Å². The Balaban J connectivity index is 2.77. The van der Waals surface area contributed by atoms with Crippen LogP contribution < -0.4 is 5.32 Å². The van der Waals surface area contributed by atoms with Gasteiger partial charge >= 0.3 is 0 Å². The molecule has 0 aliphatic heterocycles. The van der Waals surface area contributed by atoms with Crippen LogP contribution in [0, 0.1) is 12.7 Å². The molecule has 0 aromatic heterocycles. The average Bonchev–Trinajstić information content (AvgIpc) is 2.22. The average molecular weight is 207 g/mol. The van der Waals surface area contributed by atoms with Crippen LogP contribution in [0.2, 0.25) is 0 Å². The van der Waals surface area contributed by atoms with Crippen molar-refractivity contribution in [1.82, 2.24) is 5.32 Å². The van der Waals surface area contributed by atoms with Crippen LogP contribution in [0.1, 0.15) is 24.5 Å². The third-order valence-corrected chi connectivity index (χ3v) is 2.46. The maximum atomic E-state index is 13.0. The van der Waals surface area contributed by atoms with Crippen molar-refractivity contribution >= 4 is 5.57 Å². The Morgan fingerprint density at radius 1 is 1.47 bits per heavy atom. The zero-order valence-corrected chi connectivity index (χ0v) is 9.60. The topological polar surface area (TPSA) is 12.0 Å². The van der Waals surface area contributed by atoms with Crippen LogP contribution in [0.4, 0.5) is 4.39 Å². The first-order valence-corrected chi connectivity index (χ1v) is 5.23. The third-order valence-electron chi connectivity index (χ3n) is 2.46. The lowest BCUT2D eigenvalue weighted by Gasteiger charge is -2.04. The lowest BCUT2D eigenvalue weighted by atomic mass is 10.0. The van der Waals surface area contributed by atoms with E-state index in [2.05, 4.69) is 18.3 Å². The maximum absolute atomic E-state index is 13.0. The van der Waals surface area contributed by atoms with Crippen molar-refractivity contribution in [2.45, 2.75) is 20.3 Å². The van der Waals surface area contributed by atoms with Crippen LogP contribution in [-0.2, 0) is 0 Å². The molecule has 0 unspecified atom stereocenters. The van der Waals surface area contributed by atoms with Crippen LogP contribution in [0.5, 0.6) is 0 Å². The van der Waals surface area contributed by atoms with Crippen LogP contribution in [0.25, 0.3) is 5.57 Å². The molecule has 82 valence electrons. The molecule has 0 bridgehead atoms. The minimum atomic E-state index is -0.137. The van der Waals surface area contributed by atoms with Gasteiger partial charge < -0.3 is 5.32 Å². The number of halogens is 1. The first kappa shape index (κ1) is 11.9. The molecule has 0 aliphatic rings. The number of aryl methyl sites for hydroxylation is 1. The van der Waals surface area contributed by atoms with E-state index in [-0.39, 0.29) is 5.82 Å². The number of allylic oxidation sites excluding steroid dienone is 1. The Morgan fingerprint density at radius 2 is 2.20 bits per heavy atom. The summed E-state index contributed by atoms with van der Waals surface area (Å²) < 4.78 is 13.0. The summed E-state index contributed by atoms with van der Waals surface area (Å²) in [6.45, 7) is 4.82. The summed E-state index contributed by atoms with van der Waals surface area (Å²) in [4.78, 5) is 0. The van der Waals surface area contributed by atoms with Crippen LogP contribution in [0.3, 0.4) is 0 Å². The molecule has 0 spiro atoms. The molecular formula is C13H18FN. The molecule has 2 heteroatoms. The van der Waals surface area contributed by atoms with Crippen LogP contribution >= 0.6 is 0 Å². The molecule has 1 N–H and O–H groups in total. The van der Waals surface area contributed by atoms with Gasteiger partial charge in [0.25, 0.3) is 0 Å². The van der Waals surface area contributed by atoms with Crippen molar-refractivity contribution in [2.24, 2.45) is 0 Å². The number of rotatable bonds is 4. The summed E-state index contributed by atoms with van der Waals surface area (Å²) >= 11 is 0. The van der Waals surface area contributed by atoms with Crippen molar-refractivity contribution in [3.8, 4) is 0 Å². The Hall–Kier alpha value is -1.15. The summed E-state index contributed by atoms with van der Waals surface area (Å²) in [5.41, 5.74) is 3.01. The molecule has 1 aromatic carbocycles. The Kier molecular flexibility index (Phi) is 4.50. The molecule has 1 nitrogen and oxygen atoms in total. The number of hydrogen-bond donors (Lipinski definition) is 1. The number of nitrogens with one attached hydrogen (secondary N) is 1. The fourth-order valence-corrected chi connectivity index (χ4v) is 1.44. The van der Waals surface area contributed by atoms with Crippen molar-refractivity contribution < 1.29 is 4.39 Å². The second kappa shape index (κ2) is 5.66. The molecule has 0 fully saturated rings. The molecule has 0 saturated heterocycles. The summed E-state index contributed by atoms with van der Waals surface area (Å²) in [7, 11) is 1.94. The molecule has 0 heterocycles. The minimum absolute atomic E-state index is 0.137. The van der Waals surface area contributed by atoms with E-state index in [9.17, 15) is 4.39 Å². The minimum Gasteiger partial charge on any atom is -0.319 e. The molecule has 0 aliphatic carbocycles. The molecule has 0 amide bonds. The van der Waals surface area contributed by atoms with Crippen LogP contribution in [-0.4, -0.2) is 13.6 Å². The molecular weight excluding hydrogens is 189 g/mol. The predicted octanol–water partition coefficient (Wildman–Crippen LogP) is 3.15.